The molecule has 0 aliphatic carbocycles. The number of carbonyl (C=O) groups excluding carboxylic acids is 2. The minimum absolute atomic E-state index is 0.0685. The second-order valence-electron chi connectivity index (χ2n) is 8.10. The molecule has 1 fully saturated rings. The summed E-state index contributed by atoms with van der Waals surface area (Å²) in [6.07, 6.45) is 0. The van der Waals surface area contributed by atoms with Crippen LogP contribution in [0.5, 0.6) is 11.5 Å². The average molecular weight is 473 g/mol. The van der Waals surface area contributed by atoms with Crippen molar-refractivity contribution in [3.05, 3.63) is 90.3 Å². The second-order valence-corrected chi connectivity index (χ2v) is 9.52. The fraction of sp³-hybridized carbons (Fsp3) is 0.192. The number of para-hydroxylation sites is 3. The summed E-state index contributed by atoms with van der Waals surface area (Å²) >= 11 is 1.49. The Morgan fingerprint density at radius 2 is 1.76 bits per heavy atom. The summed E-state index contributed by atoms with van der Waals surface area (Å²) in [6.45, 7) is 3.79. The third kappa shape index (κ3) is 4.36. The molecule has 1 aliphatic heterocycles. The van der Waals surface area contributed by atoms with E-state index in [1.807, 2.05) is 97.3 Å². The van der Waals surface area contributed by atoms with Crippen molar-refractivity contribution in [2.75, 3.05) is 0 Å². The van der Waals surface area contributed by atoms with E-state index < -0.39 is 0 Å². The first-order chi connectivity index (χ1) is 16.5. The number of nitrogens with one attached hydrogen (secondary N) is 1. The van der Waals surface area contributed by atoms with E-state index in [2.05, 4.69) is 10.4 Å². The van der Waals surface area contributed by atoms with Crippen molar-refractivity contribution in [3.63, 3.8) is 0 Å². The van der Waals surface area contributed by atoms with Gasteiger partial charge in [0.2, 0.25) is 0 Å². The second kappa shape index (κ2) is 9.23. The van der Waals surface area contributed by atoms with Crippen LogP contribution >= 0.6 is 11.8 Å². The monoisotopic (exact) mass is 472 g/mol. The molecule has 0 saturated carbocycles. The number of aryl methyl sites for hydroxylation is 1. The first kappa shape index (κ1) is 22.0. The van der Waals surface area contributed by atoms with Gasteiger partial charge >= 0.3 is 0 Å². The van der Waals surface area contributed by atoms with Gasteiger partial charge < -0.3 is 9.30 Å². The molecule has 2 heterocycles. The topological polar surface area (TPSA) is 76.5 Å². The van der Waals surface area contributed by atoms with Crippen molar-refractivity contribution in [1.82, 2.24) is 20.0 Å². The van der Waals surface area contributed by atoms with Gasteiger partial charge in [0.1, 0.15) is 29.2 Å². The molecular formula is C26H24N4O3S. The number of hydrogen-bond acceptors (Lipinski definition) is 5. The molecule has 5 rings (SSSR count). The van der Waals surface area contributed by atoms with E-state index in [9.17, 15) is 9.59 Å². The molecule has 2 atom stereocenters. The number of fused-ring (bicyclic) bond motifs is 1. The maximum Gasteiger partial charge on any atom is 0.258 e. The quantitative estimate of drug-likeness (QED) is 0.435. The van der Waals surface area contributed by atoms with E-state index in [0.29, 0.717) is 5.75 Å². The molecule has 1 saturated heterocycles. The van der Waals surface area contributed by atoms with Gasteiger partial charge in [-0.2, -0.15) is 0 Å². The molecule has 1 aromatic heterocycles. The van der Waals surface area contributed by atoms with E-state index >= 15 is 0 Å². The summed E-state index contributed by atoms with van der Waals surface area (Å²) in [5.74, 6) is 1.73. The number of thioether (sulfide) groups is 1. The third-order valence-electron chi connectivity index (χ3n) is 5.67. The van der Waals surface area contributed by atoms with Gasteiger partial charge in [0.25, 0.3) is 11.8 Å². The summed E-state index contributed by atoms with van der Waals surface area (Å²) < 4.78 is 7.81. The highest BCUT2D eigenvalue weighted by Gasteiger charge is 2.40. The number of hydrogen-bond donors (Lipinski definition) is 1. The summed E-state index contributed by atoms with van der Waals surface area (Å²) in [4.78, 5) is 30.5. The molecule has 1 N–H and O–H groups in total. The number of benzene rings is 3. The minimum atomic E-state index is -0.355. The standard InChI is InChI=1S/C26H24N4O3S/c1-17-25(32)30(28-24(31)16-29-18(2)27-22-13-6-7-14-23(22)29)26(34-17)19-9-8-12-21(15-19)33-20-10-4-3-5-11-20/h3-15,17,26H,16H2,1-2H3,(H,28,31). The third-order valence-corrected chi connectivity index (χ3v) is 7.02. The average Bonchev–Trinajstić information content (AvgIpc) is 3.30. The van der Waals surface area contributed by atoms with Gasteiger partial charge in [0.15, 0.2) is 0 Å². The van der Waals surface area contributed by atoms with Gasteiger partial charge in [-0.25, -0.2) is 9.99 Å². The zero-order valence-corrected chi connectivity index (χ0v) is 19.7. The fourth-order valence-electron chi connectivity index (χ4n) is 4.03. The number of ether oxygens (including phenoxy) is 1. The van der Waals surface area contributed by atoms with Gasteiger partial charge in [-0.1, -0.05) is 42.5 Å². The molecule has 0 spiro atoms. The normalized spacial score (nSPS) is 17.8. The van der Waals surface area contributed by atoms with Crippen LogP contribution in [0.2, 0.25) is 0 Å². The molecule has 172 valence electrons. The van der Waals surface area contributed by atoms with E-state index in [1.165, 1.54) is 16.8 Å². The van der Waals surface area contributed by atoms with Crippen LogP contribution < -0.4 is 10.2 Å². The van der Waals surface area contributed by atoms with Gasteiger partial charge in [-0.15, -0.1) is 11.8 Å². The van der Waals surface area contributed by atoms with Crippen molar-refractivity contribution in [1.29, 1.82) is 0 Å². The Morgan fingerprint density at radius 3 is 2.59 bits per heavy atom. The highest BCUT2D eigenvalue weighted by Crippen LogP contribution is 2.42. The predicted molar refractivity (Wildman–Crippen MR) is 132 cm³/mol. The largest absolute Gasteiger partial charge is 0.457 e. The zero-order valence-electron chi connectivity index (χ0n) is 18.8. The predicted octanol–water partition coefficient (Wildman–Crippen LogP) is 4.83. The Labute approximate surface area is 201 Å². The molecule has 2 amide bonds. The first-order valence-electron chi connectivity index (χ1n) is 11.0. The summed E-state index contributed by atoms with van der Waals surface area (Å²) in [6, 6.07) is 24.8. The van der Waals surface area contributed by atoms with Gasteiger partial charge in [0.05, 0.1) is 16.3 Å². The highest BCUT2D eigenvalue weighted by atomic mass is 32.2. The molecule has 0 bridgehead atoms. The molecule has 3 aromatic carbocycles. The van der Waals surface area contributed by atoms with E-state index in [1.54, 1.807) is 0 Å². The summed E-state index contributed by atoms with van der Waals surface area (Å²) in [5.41, 5.74) is 5.44. The molecule has 8 heteroatoms. The van der Waals surface area contributed by atoms with Crippen LogP contribution in [-0.4, -0.2) is 31.6 Å². The number of rotatable bonds is 6. The Balaban J connectivity index is 1.35. The zero-order chi connectivity index (χ0) is 23.7. The van der Waals surface area contributed by atoms with Crippen molar-refractivity contribution >= 4 is 34.6 Å². The van der Waals surface area contributed by atoms with Crippen molar-refractivity contribution in [2.45, 2.75) is 31.0 Å². The maximum atomic E-state index is 13.0. The van der Waals surface area contributed by atoms with Crippen LogP contribution in [0.3, 0.4) is 0 Å². The number of hydrazine groups is 1. The maximum absolute atomic E-state index is 13.0. The number of nitrogens with zero attached hydrogens (tertiary/aromatic N) is 3. The molecule has 2 unspecified atom stereocenters. The van der Waals surface area contributed by atoms with Crippen LogP contribution in [0, 0.1) is 6.92 Å². The number of imidazole rings is 1. The lowest BCUT2D eigenvalue weighted by Crippen LogP contribution is -2.46. The Bertz CT molecular complexity index is 1350. The first-order valence-corrected chi connectivity index (χ1v) is 12.0. The van der Waals surface area contributed by atoms with E-state index in [-0.39, 0.29) is 29.0 Å². The molecular weight excluding hydrogens is 448 g/mol. The molecule has 1 aliphatic rings. The minimum Gasteiger partial charge on any atom is -0.457 e. The SMILES string of the molecule is Cc1nc2ccccc2n1CC(=O)NN1C(=O)C(C)SC1c1cccc(Oc2ccccc2)c1. The van der Waals surface area contributed by atoms with Crippen molar-refractivity contribution in [2.24, 2.45) is 0 Å². The van der Waals surface area contributed by atoms with Crippen LogP contribution in [0.25, 0.3) is 11.0 Å². The van der Waals surface area contributed by atoms with Crippen molar-refractivity contribution < 1.29 is 14.3 Å². The number of amides is 2. The smallest absolute Gasteiger partial charge is 0.258 e. The number of carbonyl (C=O) groups is 2. The van der Waals surface area contributed by atoms with E-state index in [0.717, 1.165) is 28.2 Å². The van der Waals surface area contributed by atoms with Gasteiger partial charge in [-0.05, 0) is 55.8 Å². The van der Waals surface area contributed by atoms with E-state index in [4.69, 9.17) is 4.74 Å². The lowest BCUT2D eigenvalue weighted by Gasteiger charge is -2.25. The Hall–Kier alpha value is -3.78. The Kier molecular flexibility index (Phi) is 5.98. The van der Waals surface area contributed by atoms with Crippen LogP contribution in [0.4, 0.5) is 0 Å². The van der Waals surface area contributed by atoms with Crippen LogP contribution in [0.15, 0.2) is 78.9 Å². The van der Waals surface area contributed by atoms with Gasteiger partial charge in [0, 0.05) is 0 Å². The highest BCUT2D eigenvalue weighted by molar-refractivity contribution is 8.01. The summed E-state index contributed by atoms with van der Waals surface area (Å²) in [7, 11) is 0. The lowest BCUT2D eigenvalue weighted by atomic mass is 10.2. The van der Waals surface area contributed by atoms with Crippen LogP contribution in [0.1, 0.15) is 23.7 Å². The van der Waals surface area contributed by atoms with Crippen LogP contribution in [-0.2, 0) is 16.1 Å². The summed E-state index contributed by atoms with van der Waals surface area (Å²) in [5, 5.41) is 0.805. The fourth-order valence-corrected chi connectivity index (χ4v) is 5.23. The lowest BCUT2D eigenvalue weighted by molar-refractivity contribution is -0.140. The Morgan fingerprint density at radius 1 is 1.03 bits per heavy atom. The molecule has 34 heavy (non-hydrogen) atoms. The molecule has 7 nitrogen and oxygen atoms in total. The molecule has 4 aromatic rings. The van der Waals surface area contributed by atoms with Crippen molar-refractivity contribution in [3.8, 4) is 11.5 Å². The molecule has 0 radical (unpaired) electrons. The van der Waals surface area contributed by atoms with Gasteiger partial charge in [-0.3, -0.25) is 15.0 Å². The number of aromatic nitrogens is 2.